The summed E-state index contributed by atoms with van der Waals surface area (Å²) in [5, 5.41) is 5.52. The Hall–Kier alpha value is -5.43. The van der Waals surface area contributed by atoms with Gasteiger partial charge in [0.15, 0.2) is 5.78 Å². The van der Waals surface area contributed by atoms with E-state index in [4.69, 9.17) is 9.47 Å². The molecule has 2 amide bonds. The lowest BCUT2D eigenvalue weighted by molar-refractivity contribution is -0.113. The van der Waals surface area contributed by atoms with Gasteiger partial charge in [0.25, 0.3) is 11.8 Å². The second-order valence-corrected chi connectivity index (χ2v) is 9.11. The number of anilines is 1. The summed E-state index contributed by atoms with van der Waals surface area (Å²) in [6, 6.07) is 29.9. The first-order valence-corrected chi connectivity index (χ1v) is 13.6. The molecule has 0 bridgehead atoms. The molecule has 2 N–H and O–H groups in total. The van der Waals surface area contributed by atoms with Crippen molar-refractivity contribution in [2.45, 2.75) is 13.8 Å². The molecule has 0 heterocycles. The SMILES string of the molecule is CCOc1ccc(/C=C(\NC(=O)c2ccccc2)C(=O)Nc2ccc(C(=O)/C=C/c3ccc(OCC)cc3)cc2)cc1. The summed E-state index contributed by atoms with van der Waals surface area (Å²) in [7, 11) is 0. The van der Waals surface area contributed by atoms with E-state index in [0.717, 1.165) is 11.3 Å². The molecule has 0 saturated carbocycles. The fourth-order valence-corrected chi connectivity index (χ4v) is 3.96. The molecule has 0 saturated heterocycles. The Bertz CT molecular complexity index is 1560. The number of hydrogen-bond donors (Lipinski definition) is 2. The molecule has 42 heavy (non-hydrogen) atoms. The fraction of sp³-hybridized carbons (Fsp3) is 0.114. The van der Waals surface area contributed by atoms with Gasteiger partial charge in [-0.05, 0) is 97.8 Å². The highest BCUT2D eigenvalue weighted by atomic mass is 16.5. The zero-order chi connectivity index (χ0) is 29.7. The van der Waals surface area contributed by atoms with Crippen molar-refractivity contribution in [2.24, 2.45) is 0 Å². The van der Waals surface area contributed by atoms with Crippen molar-refractivity contribution in [1.82, 2.24) is 5.32 Å². The Morgan fingerprint density at radius 1 is 0.667 bits per heavy atom. The molecule has 4 aromatic rings. The van der Waals surface area contributed by atoms with E-state index in [1.165, 1.54) is 6.08 Å². The first-order valence-electron chi connectivity index (χ1n) is 13.6. The zero-order valence-corrected chi connectivity index (χ0v) is 23.5. The normalized spacial score (nSPS) is 11.1. The summed E-state index contributed by atoms with van der Waals surface area (Å²) in [5.74, 6) is 0.382. The molecule has 0 aliphatic rings. The van der Waals surface area contributed by atoms with Gasteiger partial charge >= 0.3 is 0 Å². The quantitative estimate of drug-likeness (QED) is 0.147. The van der Waals surface area contributed by atoms with Crippen LogP contribution in [0.4, 0.5) is 5.69 Å². The highest BCUT2D eigenvalue weighted by Gasteiger charge is 2.15. The van der Waals surface area contributed by atoms with Crippen molar-refractivity contribution in [3.05, 3.63) is 137 Å². The van der Waals surface area contributed by atoms with E-state index in [2.05, 4.69) is 10.6 Å². The molecule has 0 atom stereocenters. The number of rotatable bonds is 12. The van der Waals surface area contributed by atoms with E-state index < -0.39 is 11.8 Å². The van der Waals surface area contributed by atoms with Crippen LogP contribution in [-0.4, -0.2) is 30.8 Å². The van der Waals surface area contributed by atoms with Crippen molar-refractivity contribution < 1.29 is 23.9 Å². The Balaban J connectivity index is 1.46. The van der Waals surface area contributed by atoms with E-state index in [1.807, 2.05) is 44.2 Å². The average Bonchev–Trinajstić information content (AvgIpc) is 3.02. The van der Waals surface area contributed by atoms with E-state index in [0.29, 0.717) is 41.3 Å². The Morgan fingerprint density at radius 2 is 1.24 bits per heavy atom. The third-order valence-corrected chi connectivity index (χ3v) is 6.08. The monoisotopic (exact) mass is 560 g/mol. The van der Waals surface area contributed by atoms with Gasteiger partial charge in [-0.15, -0.1) is 0 Å². The van der Waals surface area contributed by atoms with E-state index in [-0.39, 0.29) is 11.5 Å². The number of hydrogen-bond acceptors (Lipinski definition) is 5. The van der Waals surface area contributed by atoms with Crippen LogP contribution < -0.4 is 20.1 Å². The van der Waals surface area contributed by atoms with Gasteiger partial charge in [0, 0.05) is 16.8 Å². The van der Waals surface area contributed by atoms with Gasteiger partial charge < -0.3 is 20.1 Å². The number of nitrogens with one attached hydrogen (secondary N) is 2. The molecule has 0 aliphatic heterocycles. The Labute approximate surface area is 245 Å². The molecule has 7 nitrogen and oxygen atoms in total. The molecule has 0 spiro atoms. The standard InChI is InChI=1S/C35H32N2O5/c1-3-41-30-19-10-25(11-20-30)14-23-33(38)27-15-17-29(18-16-27)36-35(40)32(37-34(39)28-8-6-5-7-9-28)24-26-12-21-31(22-13-26)42-4-2/h5-24H,3-4H2,1-2H3,(H,36,40)(H,37,39)/b23-14+,32-24-. The summed E-state index contributed by atoms with van der Waals surface area (Å²) in [4.78, 5) is 38.8. The number of amides is 2. The van der Waals surface area contributed by atoms with Crippen LogP contribution in [0.1, 0.15) is 45.7 Å². The van der Waals surface area contributed by atoms with Crippen molar-refractivity contribution in [1.29, 1.82) is 0 Å². The van der Waals surface area contributed by atoms with Gasteiger partial charge in [-0.1, -0.05) is 48.5 Å². The van der Waals surface area contributed by atoms with E-state index in [1.54, 1.807) is 84.9 Å². The number of ether oxygens (including phenoxy) is 2. The van der Waals surface area contributed by atoms with Gasteiger partial charge in [0.1, 0.15) is 17.2 Å². The van der Waals surface area contributed by atoms with Gasteiger partial charge in [-0.25, -0.2) is 0 Å². The van der Waals surface area contributed by atoms with Crippen LogP contribution in [0.2, 0.25) is 0 Å². The minimum absolute atomic E-state index is 0.0615. The molecule has 0 radical (unpaired) electrons. The van der Waals surface area contributed by atoms with Crippen LogP contribution in [0.3, 0.4) is 0 Å². The molecule has 0 aromatic heterocycles. The van der Waals surface area contributed by atoms with Crippen LogP contribution in [0, 0.1) is 0 Å². The predicted molar refractivity (Wildman–Crippen MR) is 166 cm³/mol. The molecule has 0 aliphatic carbocycles. The Morgan fingerprint density at radius 3 is 1.81 bits per heavy atom. The molecule has 4 aromatic carbocycles. The maximum Gasteiger partial charge on any atom is 0.272 e. The molecular weight excluding hydrogens is 528 g/mol. The van der Waals surface area contributed by atoms with Gasteiger partial charge in [0.05, 0.1) is 13.2 Å². The number of benzene rings is 4. The average molecular weight is 561 g/mol. The van der Waals surface area contributed by atoms with Crippen LogP contribution in [0.5, 0.6) is 11.5 Å². The van der Waals surface area contributed by atoms with Crippen LogP contribution in [0.25, 0.3) is 12.2 Å². The minimum Gasteiger partial charge on any atom is -0.494 e. The number of carbonyl (C=O) groups is 3. The van der Waals surface area contributed by atoms with Crippen LogP contribution >= 0.6 is 0 Å². The lowest BCUT2D eigenvalue weighted by Gasteiger charge is -2.12. The first-order chi connectivity index (χ1) is 20.4. The highest BCUT2D eigenvalue weighted by molar-refractivity contribution is 6.11. The summed E-state index contributed by atoms with van der Waals surface area (Å²) in [5.41, 5.74) is 3.00. The smallest absolute Gasteiger partial charge is 0.272 e. The summed E-state index contributed by atoms with van der Waals surface area (Å²) >= 11 is 0. The lowest BCUT2D eigenvalue weighted by Crippen LogP contribution is -2.30. The third kappa shape index (κ3) is 8.53. The molecular formula is C35H32N2O5. The maximum absolute atomic E-state index is 13.3. The van der Waals surface area contributed by atoms with Crippen molar-refractivity contribution >= 4 is 35.4 Å². The van der Waals surface area contributed by atoms with E-state index >= 15 is 0 Å². The molecule has 4 rings (SSSR count). The fourth-order valence-electron chi connectivity index (χ4n) is 3.96. The maximum atomic E-state index is 13.3. The summed E-state index contributed by atoms with van der Waals surface area (Å²) in [6.45, 7) is 4.95. The van der Waals surface area contributed by atoms with Gasteiger partial charge in [-0.2, -0.15) is 0 Å². The minimum atomic E-state index is -0.511. The van der Waals surface area contributed by atoms with Gasteiger partial charge in [0.2, 0.25) is 0 Å². The van der Waals surface area contributed by atoms with Crippen LogP contribution in [-0.2, 0) is 4.79 Å². The highest BCUT2D eigenvalue weighted by Crippen LogP contribution is 2.17. The topological polar surface area (TPSA) is 93.7 Å². The van der Waals surface area contributed by atoms with Gasteiger partial charge in [-0.3, -0.25) is 14.4 Å². The van der Waals surface area contributed by atoms with Crippen molar-refractivity contribution in [3.63, 3.8) is 0 Å². The largest absolute Gasteiger partial charge is 0.494 e. The molecule has 0 fully saturated rings. The first kappa shape index (κ1) is 29.6. The molecule has 0 unspecified atom stereocenters. The second kappa shape index (κ2) is 14.8. The number of ketones is 1. The zero-order valence-electron chi connectivity index (χ0n) is 23.5. The summed E-state index contributed by atoms with van der Waals surface area (Å²) < 4.78 is 10.9. The van der Waals surface area contributed by atoms with Crippen molar-refractivity contribution in [3.8, 4) is 11.5 Å². The third-order valence-electron chi connectivity index (χ3n) is 6.08. The molecule has 212 valence electrons. The number of carbonyl (C=O) groups excluding carboxylic acids is 3. The van der Waals surface area contributed by atoms with Crippen molar-refractivity contribution in [2.75, 3.05) is 18.5 Å². The summed E-state index contributed by atoms with van der Waals surface area (Å²) in [6.07, 6.45) is 4.83. The number of allylic oxidation sites excluding steroid dienone is 1. The molecule has 7 heteroatoms. The second-order valence-electron chi connectivity index (χ2n) is 9.11. The lowest BCUT2D eigenvalue weighted by atomic mass is 10.1. The Kier molecular flexibility index (Phi) is 10.4. The van der Waals surface area contributed by atoms with Crippen LogP contribution in [0.15, 0.2) is 115 Å². The van der Waals surface area contributed by atoms with E-state index in [9.17, 15) is 14.4 Å². The predicted octanol–water partition coefficient (Wildman–Crippen LogP) is 6.79.